The van der Waals surface area contributed by atoms with Crippen molar-refractivity contribution in [2.75, 3.05) is 37.6 Å². The van der Waals surface area contributed by atoms with E-state index in [1.54, 1.807) is 0 Å². The lowest BCUT2D eigenvalue weighted by molar-refractivity contribution is -0.137. The molecule has 1 aliphatic heterocycles. The van der Waals surface area contributed by atoms with Gasteiger partial charge in [0.2, 0.25) is 5.91 Å². The van der Waals surface area contributed by atoms with Crippen LogP contribution in [0.1, 0.15) is 48.1 Å². The number of benzene rings is 1. The zero-order chi connectivity index (χ0) is 22.7. The largest absolute Gasteiger partial charge is 0.417 e. The number of aryl methyl sites for hydroxylation is 2. The molecule has 0 unspecified atom stereocenters. The molecule has 1 aromatic carbocycles. The number of piperazine rings is 1. The Morgan fingerprint density at radius 3 is 2.44 bits per heavy atom. The summed E-state index contributed by atoms with van der Waals surface area (Å²) in [6.07, 6.45) is 1.23. The molecule has 1 fully saturated rings. The van der Waals surface area contributed by atoms with Gasteiger partial charge in [-0.2, -0.15) is 13.2 Å². The Balaban J connectivity index is 1.25. The molecule has 5 nitrogen and oxygen atoms in total. The molecule has 2 aromatic rings. The van der Waals surface area contributed by atoms with Gasteiger partial charge >= 0.3 is 6.18 Å². The highest BCUT2D eigenvalue weighted by atomic mass is 19.4. The first-order chi connectivity index (χ1) is 15.3. The maximum Gasteiger partial charge on any atom is 0.417 e. The van der Waals surface area contributed by atoms with Gasteiger partial charge in [-0.25, -0.2) is 4.98 Å². The number of pyridine rings is 1. The van der Waals surface area contributed by atoms with Gasteiger partial charge in [0.1, 0.15) is 5.82 Å². The lowest BCUT2D eigenvalue weighted by Gasteiger charge is -2.35. The molecule has 1 aromatic heterocycles. The molecule has 32 heavy (non-hydrogen) atoms. The summed E-state index contributed by atoms with van der Waals surface area (Å²) in [5, 5.41) is 3.10. The third kappa shape index (κ3) is 5.41. The summed E-state index contributed by atoms with van der Waals surface area (Å²) in [4.78, 5) is 20.6. The number of nitrogens with zero attached hydrogens (tertiary/aromatic N) is 3. The third-order valence-electron chi connectivity index (χ3n) is 6.39. The molecule has 2 aliphatic rings. The SMILES string of the molecule is C[C@@H](NC(=O)CN1CCN(c2ccc(C(F)(F)F)cn2)CC1)c1ccc2c(c1)CCCC2. The van der Waals surface area contributed by atoms with Gasteiger partial charge in [0.25, 0.3) is 0 Å². The molecular formula is C24H29F3N4O. The standard InChI is InChI=1S/C24H29F3N4O/c1-17(19-7-6-18-4-2-3-5-20(18)14-19)29-23(32)16-30-10-12-31(13-11-30)22-9-8-21(15-28-22)24(25,26)27/h6-9,14-15,17H,2-5,10-13,16H2,1H3,(H,29,32)/t17-/m1/s1. The van der Waals surface area contributed by atoms with Gasteiger partial charge < -0.3 is 10.2 Å². The minimum atomic E-state index is -4.38. The maximum absolute atomic E-state index is 12.7. The summed E-state index contributed by atoms with van der Waals surface area (Å²) < 4.78 is 38.1. The second kappa shape index (κ2) is 9.48. The van der Waals surface area contributed by atoms with Crippen LogP contribution in [0.4, 0.5) is 19.0 Å². The number of aromatic nitrogens is 1. The number of fused-ring (bicyclic) bond motifs is 1. The highest BCUT2D eigenvalue weighted by Gasteiger charge is 2.31. The number of halogens is 3. The van der Waals surface area contributed by atoms with Crippen molar-refractivity contribution < 1.29 is 18.0 Å². The number of carbonyl (C=O) groups is 1. The van der Waals surface area contributed by atoms with Crippen LogP contribution in [0.2, 0.25) is 0 Å². The van der Waals surface area contributed by atoms with E-state index in [1.807, 2.05) is 11.8 Å². The molecule has 8 heteroatoms. The van der Waals surface area contributed by atoms with Crippen molar-refractivity contribution in [3.63, 3.8) is 0 Å². The number of hydrogen-bond donors (Lipinski definition) is 1. The smallest absolute Gasteiger partial charge is 0.354 e. The van der Waals surface area contributed by atoms with E-state index in [1.165, 1.54) is 30.0 Å². The Labute approximate surface area is 186 Å². The molecule has 4 rings (SSSR count). The second-order valence-corrected chi connectivity index (χ2v) is 8.69. The van der Waals surface area contributed by atoms with Crippen molar-refractivity contribution in [3.8, 4) is 0 Å². The predicted molar refractivity (Wildman–Crippen MR) is 118 cm³/mol. The van der Waals surface area contributed by atoms with E-state index in [2.05, 4.69) is 33.4 Å². The summed E-state index contributed by atoms with van der Waals surface area (Å²) in [6.45, 7) is 4.87. The number of amides is 1. The second-order valence-electron chi connectivity index (χ2n) is 8.69. The highest BCUT2D eigenvalue weighted by molar-refractivity contribution is 5.78. The summed E-state index contributed by atoms with van der Waals surface area (Å²) >= 11 is 0. The van der Waals surface area contributed by atoms with Crippen molar-refractivity contribution >= 4 is 11.7 Å². The van der Waals surface area contributed by atoms with E-state index in [-0.39, 0.29) is 11.9 Å². The normalized spacial score (nSPS) is 18.2. The quantitative estimate of drug-likeness (QED) is 0.755. The first-order valence-electron chi connectivity index (χ1n) is 11.2. The lowest BCUT2D eigenvalue weighted by atomic mass is 9.89. The van der Waals surface area contributed by atoms with Crippen molar-refractivity contribution in [2.24, 2.45) is 0 Å². The number of rotatable bonds is 5. The Morgan fingerprint density at radius 1 is 1.06 bits per heavy atom. The summed E-state index contributed by atoms with van der Waals surface area (Å²) in [5.74, 6) is 0.513. The zero-order valence-corrected chi connectivity index (χ0v) is 18.3. The molecule has 0 radical (unpaired) electrons. The van der Waals surface area contributed by atoms with Crippen molar-refractivity contribution in [1.29, 1.82) is 0 Å². The van der Waals surface area contributed by atoms with Crippen LogP contribution in [-0.4, -0.2) is 48.5 Å². The minimum Gasteiger partial charge on any atom is -0.354 e. The lowest BCUT2D eigenvalue weighted by Crippen LogP contribution is -2.50. The van der Waals surface area contributed by atoms with Crippen LogP contribution in [0.5, 0.6) is 0 Å². The monoisotopic (exact) mass is 446 g/mol. The average molecular weight is 447 g/mol. The van der Waals surface area contributed by atoms with Crippen LogP contribution in [0.15, 0.2) is 36.5 Å². The van der Waals surface area contributed by atoms with Gasteiger partial charge in [-0.3, -0.25) is 9.69 Å². The van der Waals surface area contributed by atoms with E-state index in [4.69, 9.17) is 0 Å². The molecule has 0 spiro atoms. The molecule has 172 valence electrons. The van der Waals surface area contributed by atoms with Crippen molar-refractivity contribution in [3.05, 3.63) is 58.8 Å². The number of alkyl halides is 3. The number of nitrogens with one attached hydrogen (secondary N) is 1. The van der Waals surface area contributed by atoms with Gasteiger partial charge in [-0.05, 0) is 61.4 Å². The topological polar surface area (TPSA) is 48.5 Å². The van der Waals surface area contributed by atoms with E-state index in [0.29, 0.717) is 38.5 Å². The molecule has 1 N–H and O–H groups in total. The van der Waals surface area contributed by atoms with Crippen molar-refractivity contribution in [1.82, 2.24) is 15.2 Å². The summed E-state index contributed by atoms with van der Waals surface area (Å²) in [5.41, 5.74) is 3.23. The molecule has 2 heterocycles. The van der Waals surface area contributed by atoms with Gasteiger partial charge in [-0.1, -0.05) is 18.2 Å². The third-order valence-corrected chi connectivity index (χ3v) is 6.39. The van der Waals surface area contributed by atoms with Crippen LogP contribution >= 0.6 is 0 Å². The van der Waals surface area contributed by atoms with Gasteiger partial charge in [-0.15, -0.1) is 0 Å². The van der Waals surface area contributed by atoms with Gasteiger partial charge in [0, 0.05) is 32.4 Å². The molecular weight excluding hydrogens is 417 g/mol. The average Bonchev–Trinajstić information content (AvgIpc) is 2.78. The van der Waals surface area contributed by atoms with Crippen LogP contribution < -0.4 is 10.2 Å². The number of hydrogen-bond acceptors (Lipinski definition) is 4. The van der Waals surface area contributed by atoms with Crippen LogP contribution in [0, 0.1) is 0 Å². The van der Waals surface area contributed by atoms with E-state index < -0.39 is 11.7 Å². The molecule has 1 atom stereocenters. The van der Waals surface area contributed by atoms with Crippen LogP contribution in [-0.2, 0) is 23.8 Å². The Bertz CT molecular complexity index is 937. The Kier molecular flexibility index (Phi) is 6.69. The fourth-order valence-corrected chi connectivity index (χ4v) is 4.47. The van der Waals surface area contributed by atoms with Gasteiger partial charge in [0.15, 0.2) is 0 Å². The van der Waals surface area contributed by atoms with Crippen LogP contribution in [0.3, 0.4) is 0 Å². The molecule has 1 aliphatic carbocycles. The predicted octanol–water partition coefficient (Wildman–Crippen LogP) is 3.98. The first-order valence-corrected chi connectivity index (χ1v) is 11.2. The highest BCUT2D eigenvalue weighted by Crippen LogP contribution is 2.29. The van der Waals surface area contributed by atoms with E-state index >= 15 is 0 Å². The fraction of sp³-hybridized carbons (Fsp3) is 0.500. The molecule has 0 bridgehead atoms. The number of anilines is 1. The molecule has 1 amide bonds. The van der Waals surface area contributed by atoms with Crippen molar-refractivity contribution in [2.45, 2.75) is 44.8 Å². The summed E-state index contributed by atoms with van der Waals surface area (Å²) in [6, 6.07) is 8.96. The minimum absolute atomic E-state index is 0.0173. The fourth-order valence-electron chi connectivity index (χ4n) is 4.47. The van der Waals surface area contributed by atoms with E-state index in [0.717, 1.165) is 30.7 Å². The van der Waals surface area contributed by atoms with Crippen LogP contribution in [0.25, 0.3) is 0 Å². The zero-order valence-electron chi connectivity index (χ0n) is 18.3. The maximum atomic E-state index is 12.7. The summed E-state index contributed by atoms with van der Waals surface area (Å²) in [7, 11) is 0. The molecule has 0 saturated carbocycles. The molecule has 1 saturated heterocycles. The Hall–Kier alpha value is -2.61. The van der Waals surface area contributed by atoms with E-state index in [9.17, 15) is 18.0 Å². The first kappa shape index (κ1) is 22.6. The van der Waals surface area contributed by atoms with Gasteiger partial charge in [0.05, 0.1) is 18.2 Å². The number of carbonyl (C=O) groups excluding carboxylic acids is 1. The Morgan fingerprint density at radius 2 is 1.78 bits per heavy atom.